The van der Waals surface area contributed by atoms with E-state index < -0.39 is 0 Å². The number of hydrogen-bond acceptors (Lipinski definition) is 3. The summed E-state index contributed by atoms with van der Waals surface area (Å²) in [6.07, 6.45) is 0. The van der Waals surface area contributed by atoms with E-state index in [-0.39, 0.29) is 0 Å². The number of hydrogen-bond donors (Lipinski definition) is 0. The highest BCUT2D eigenvalue weighted by Gasteiger charge is 2.38. The molecule has 1 aromatic carbocycles. The Morgan fingerprint density at radius 2 is 1.75 bits per heavy atom. The van der Waals surface area contributed by atoms with Gasteiger partial charge in [0.15, 0.2) is 0 Å². The molecule has 0 unspecified atom stereocenters. The standard InChI is InChI=1S/C15H20ClIN2O/c16-15-3-1-12(2-4-15)11-20-6-5-18-7-13-9-19(17)10-14(13)8-18/h1-4,13-14H,5-11H2/t13-,14+. The van der Waals surface area contributed by atoms with Crippen LogP contribution in [0.5, 0.6) is 0 Å². The molecule has 110 valence electrons. The molecule has 0 N–H and O–H groups in total. The molecule has 5 heteroatoms. The van der Waals surface area contributed by atoms with Crippen molar-refractivity contribution in [1.82, 2.24) is 8.01 Å². The molecule has 2 saturated heterocycles. The highest BCUT2D eigenvalue weighted by atomic mass is 127. The number of rotatable bonds is 5. The van der Waals surface area contributed by atoms with Crippen LogP contribution in [0.3, 0.4) is 0 Å². The van der Waals surface area contributed by atoms with Gasteiger partial charge in [-0.05, 0) is 29.5 Å². The Balaban J connectivity index is 1.34. The Kier molecular flexibility index (Phi) is 5.20. The topological polar surface area (TPSA) is 15.7 Å². The van der Waals surface area contributed by atoms with Crippen LogP contribution in [0.25, 0.3) is 0 Å². The minimum absolute atomic E-state index is 0.680. The van der Waals surface area contributed by atoms with Gasteiger partial charge in [0.25, 0.3) is 0 Å². The maximum atomic E-state index is 5.86. The number of nitrogens with zero attached hydrogens (tertiary/aromatic N) is 2. The molecule has 20 heavy (non-hydrogen) atoms. The molecular formula is C15H20ClIN2O. The van der Waals surface area contributed by atoms with Gasteiger partial charge in [-0.15, -0.1) is 0 Å². The largest absolute Gasteiger partial charge is 0.375 e. The van der Waals surface area contributed by atoms with E-state index in [9.17, 15) is 0 Å². The number of halogens is 2. The Morgan fingerprint density at radius 3 is 2.40 bits per heavy atom. The Labute approximate surface area is 139 Å². The van der Waals surface area contributed by atoms with E-state index in [1.807, 2.05) is 24.3 Å². The zero-order valence-corrected chi connectivity index (χ0v) is 14.4. The minimum atomic E-state index is 0.680. The smallest absolute Gasteiger partial charge is 0.0717 e. The summed E-state index contributed by atoms with van der Waals surface area (Å²) in [5.41, 5.74) is 1.19. The summed E-state index contributed by atoms with van der Waals surface area (Å²) in [5.74, 6) is 1.76. The number of benzene rings is 1. The van der Waals surface area contributed by atoms with E-state index in [4.69, 9.17) is 16.3 Å². The summed E-state index contributed by atoms with van der Waals surface area (Å²) in [6, 6.07) is 7.88. The lowest BCUT2D eigenvalue weighted by molar-refractivity contribution is 0.0969. The lowest BCUT2D eigenvalue weighted by Crippen LogP contribution is -2.28. The van der Waals surface area contributed by atoms with Gasteiger partial charge in [0.1, 0.15) is 0 Å². The maximum Gasteiger partial charge on any atom is 0.0717 e. The lowest BCUT2D eigenvalue weighted by Gasteiger charge is -2.18. The van der Waals surface area contributed by atoms with Crippen molar-refractivity contribution < 1.29 is 4.74 Å². The molecular weight excluding hydrogens is 387 g/mol. The van der Waals surface area contributed by atoms with E-state index in [0.717, 1.165) is 30.0 Å². The second-order valence-corrected chi connectivity index (χ2v) is 7.59. The van der Waals surface area contributed by atoms with E-state index in [2.05, 4.69) is 30.9 Å². The predicted molar refractivity (Wildman–Crippen MR) is 90.1 cm³/mol. The predicted octanol–water partition coefficient (Wildman–Crippen LogP) is 3.07. The normalized spacial score (nSPS) is 27.1. The van der Waals surface area contributed by atoms with Gasteiger partial charge in [0, 0.05) is 60.6 Å². The molecule has 0 aromatic heterocycles. The molecule has 2 fully saturated rings. The third-order valence-corrected chi connectivity index (χ3v) is 5.29. The van der Waals surface area contributed by atoms with Crippen molar-refractivity contribution >= 4 is 34.5 Å². The fraction of sp³-hybridized carbons (Fsp3) is 0.600. The first-order valence-electron chi connectivity index (χ1n) is 7.16. The molecule has 3 rings (SSSR count). The van der Waals surface area contributed by atoms with Crippen LogP contribution in [0.2, 0.25) is 5.02 Å². The quantitative estimate of drug-likeness (QED) is 0.425. The molecule has 0 amide bonds. The van der Waals surface area contributed by atoms with Crippen LogP contribution in [-0.4, -0.2) is 47.3 Å². The van der Waals surface area contributed by atoms with Crippen LogP contribution >= 0.6 is 34.5 Å². The van der Waals surface area contributed by atoms with Gasteiger partial charge in [-0.1, -0.05) is 23.7 Å². The lowest BCUT2D eigenvalue weighted by atomic mass is 10.0. The summed E-state index contributed by atoms with van der Waals surface area (Å²) in [5, 5.41) is 0.779. The molecule has 2 aliphatic rings. The molecule has 1 aromatic rings. The van der Waals surface area contributed by atoms with Crippen LogP contribution in [0.15, 0.2) is 24.3 Å². The van der Waals surface area contributed by atoms with Crippen molar-refractivity contribution in [2.45, 2.75) is 6.61 Å². The second kappa shape index (κ2) is 6.92. The first-order chi connectivity index (χ1) is 9.70. The van der Waals surface area contributed by atoms with E-state index in [1.54, 1.807) is 0 Å². The summed E-state index contributed by atoms with van der Waals surface area (Å²) < 4.78 is 8.20. The molecule has 3 nitrogen and oxygen atoms in total. The molecule has 0 radical (unpaired) electrons. The van der Waals surface area contributed by atoms with E-state index >= 15 is 0 Å². The van der Waals surface area contributed by atoms with Gasteiger partial charge >= 0.3 is 0 Å². The van der Waals surface area contributed by atoms with Crippen molar-refractivity contribution in [3.8, 4) is 0 Å². The number of fused-ring (bicyclic) bond motifs is 1. The van der Waals surface area contributed by atoms with Crippen molar-refractivity contribution in [2.75, 3.05) is 39.3 Å². The molecule has 0 bridgehead atoms. The molecule has 2 heterocycles. The Hall–Kier alpha value is 0.120. The van der Waals surface area contributed by atoms with Crippen LogP contribution < -0.4 is 0 Å². The van der Waals surface area contributed by atoms with Gasteiger partial charge in [0.2, 0.25) is 0 Å². The number of likely N-dealkylation sites (tertiary alicyclic amines) is 1. The van der Waals surface area contributed by atoms with Crippen LogP contribution in [-0.2, 0) is 11.3 Å². The molecule has 2 aliphatic heterocycles. The summed E-state index contributed by atoms with van der Waals surface area (Å²) in [6.45, 7) is 7.56. The third-order valence-electron chi connectivity index (χ3n) is 4.25. The van der Waals surface area contributed by atoms with Crippen LogP contribution in [0.1, 0.15) is 5.56 Å². The Morgan fingerprint density at radius 1 is 1.10 bits per heavy atom. The Bertz CT molecular complexity index is 428. The average Bonchev–Trinajstić information content (AvgIpc) is 2.93. The monoisotopic (exact) mass is 406 g/mol. The first kappa shape index (κ1) is 15.0. The van der Waals surface area contributed by atoms with Crippen molar-refractivity contribution in [1.29, 1.82) is 0 Å². The summed E-state index contributed by atoms with van der Waals surface area (Å²) >= 11 is 8.32. The van der Waals surface area contributed by atoms with Crippen LogP contribution in [0, 0.1) is 11.8 Å². The van der Waals surface area contributed by atoms with Gasteiger partial charge in [-0.2, -0.15) is 0 Å². The van der Waals surface area contributed by atoms with E-state index in [0.29, 0.717) is 6.61 Å². The van der Waals surface area contributed by atoms with Gasteiger partial charge in [-0.25, -0.2) is 3.11 Å². The second-order valence-electron chi connectivity index (χ2n) is 5.79. The zero-order valence-electron chi connectivity index (χ0n) is 11.5. The third kappa shape index (κ3) is 3.85. The van der Waals surface area contributed by atoms with Gasteiger partial charge < -0.3 is 9.64 Å². The summed E-state index contributed by atoms with van der Waals surface area (Å²) in [4.78, 5) is 2.56. The summed E-state index contributed by atoms with van der Waals surface area (Å²) in [7, 11) is 0. The van der Waals surface area contributed by atoms with Gasteiger partial charge in [-0.3, -0.25) is 0 Å². The fourth-order valence-corrected chi connectivity index (χ4v) is 4.32. The first-order valence-corrected chi connectivity index (χ1v) is 8.50. The maximum absolute atomic E-state index is 5.86. The number of ether oxygens (including phenoxy) is 1. The molecule has 2 atom stereocenters. The SMILES string of the molecule is Clc1ccc(COCCN2C[C@H]3CN(I)C[C@H]3C2)cc1. The van der Waals surface area contributed by atoms with Crippen molar-refractivity contribution in [3.63, 3.8) is 0 Å². The zero-order chi connectivity index (χ0) is 13.9. The highest BCUT2D eigenvalue weighted by Crippen LogP contribution is 2.32. The fourth-order valence-electron chi connectivity index (χ4n) is 3.18. The van der Waals surface area contributed by atoms with E-state index in [1.165, 1.54) is 31.7 Å². The molecule has 0 aliphatic carbocycles. The van der Waals surface area contributed by atoms with Crippen molar-refractivity contribution in [3.05, 3.63) is 34.9 Å². The van der Waals surface area contributed by atoms with Crippen molar-refractivity contribution in [2.24, 2.45) is 11.8 Å². The molecule has 0 saturated carbocycles. The molecule has 0 spiro atoms. The van der Waals surface area contributed by atoms with Gasteiger partial charge in [0.05, 0.1) is 13.2 Å². The highest BCUT2D eigenvalue weighted by molar-refractivity contribution is 14.1. The minimum Gasteiger partial charge on any atom is -0.375 e. The average molecular weight is 407 g/mol. The van der Waals surface area contributed by atoms with Crippen LogP contribution in [0.4, 0.5) is 0 Å².